The molecule has 0 bridgehead atoms. The van der Waals surface area contributed by atoms with E-state index < -0.39 is 0 Å². The minimum Gasteiger partial charge on any atom is -0.497 e. The number of hydrogen-bond donors (Lipinski definition) is 2. The Labute approximate surface area is 168 Å². The summed E-state index contributed by atoms with van der Waals surface area (Å²) in [6.07, 6.45) is 0. The van der Waals surface area contributed by atoms with Gasteiger partial charge in [0.1, 0.15) is 12.4 Å². The fourth-order valence-electron chi connectivity index (χ4n) is 3.10. The van der Waals surface area contributed by atoms with Gasteiger partial charge in [-0.05, 0) is 41.0 Å². The summed E-state index contributed by atoms with van der Waals surface area (Å²) in [5.74, 6) is 1.05. The standard InChI is InChI=1S/C23H21N3O3/c1-28-19-9-5-8-17(12-19)18-10-11-20-21(13-18)25-26-23(20)24-22(27)15-29-14-16-6-3-2-4-7-16/h2-13H,14-15H2,1H3,(H2,24,25,26,27). The minimum atomic E-state index is -0.244. The molecule has 1 aromatic heterocycles. The Bertz CT molecular complexity index is 1120. The fourth-order valence-corrected chi connectivity index (χ4v) is 3.10. The zero-order valence-corrected chi connectivity index (χ0v) is 16.0. The molecule has 0 saturated carbocycles. The number of hydrogen-bond acceptors (Lipinski definition) is 4. The number of anilines is 1. The van der Waals surface area contributed by atoms with Crippen LogP contribution in [0, 0.1) is 0 Å². The van der Waals surface area contributed by atoms with Gasteiger partial charge in [-0.25, -0.2) is 0 Å². The highest BCUT2D eigenvalue weighted by molar-refractivity contribution is 6.01. The molecule has 4 aromatic rings. The number of H-pyrrole nitrogens is 1. The third-order valence-electron chi connectivity index (χ3n) is 4.57. The Hall–Kier alpha value is -3.64. The Morgan fingerprint density at radius 3 is 2.66 bits per heavy atom. The average Bonchev–Trinajstić information content (AvgIpc) is 3.16. The highest BCUT2D eigenvalue weighted by Gasteiger charge is 2.11. The average molecular weight is 387 g/mol. The first-order valence-electron chi connectivity index (χ1n) is 9.27. The molecule has 4 rings (SSSR count). The molecule has 0 aliphatic heterocycles. The van der Waals surface area contributed by atoms with Crippen LogP contribution in [0.15, 0.2) is 72.8 Å². The van der Waals surface area contributed by atoms with Crippen molar-refractivity contribution in [3.05, 3.63) is 78.4 Å². The minimum absolute atomic E-state index is 0.0366. The highest BCUT2D eigenvalue weighted by Crippen LogP contribution is 2.28. The Morgan fingerprint density at radius 1 is 1.00 bits per heavy atom. The van der Waals surface area contributed by atoms with Crippen molar-refractivity contribution in [2.24, 2.45) is 0 Å². The van der Waals surface area contributed by atoms with Crippen LogP contribution in [-0.2, 0) is 16.1 Å². The third-order valence-corrected chi connectivity index (χ3v) is 4.57. The smallest absolute Gasteiger partial charge is 0.251 e. The quantitative estimate of drug-likeness (QED) is 0.493. The van der Waals surface area contributed by atoms with Gasteiger partial charge in [0.25, 0.3) is 5.91 Å². The molecule has 0 atom stereocenters. The number of rotatable bonds is 7. The van der Waals surface area contributed by atoms with Gasteiger partial charge in [0.2, 0.25) is 0 Å². The highest BCUT2D eigenvalue weighted by atomic mass is 16.5. The molecule has 0 aliphatic carbocycles. The Balaban J connectivity index is 1.42. The lowest BCUT2D eigenvalue weighted by Gasteiger charge is -2.06. The molecule has 29 heavy (non-hydrogen) atoms. The molecule has 146 valence electrons. The summed E-state index contributed by atoms with van der Waals surface area (Å²) >= 11 is 0. The molecule has 3 aromatic carbocycles. The number of nitrogens with zero attached hydrogens (tertiary/aromatic N) is 1. The zero-order valence-electron chi connectivity index (χ0n) is 16.0. The number of amides is 1. The number of methoxy groups -OCH3 is 1. The lowest BCUT2D eigenvalue weighted by atomic mass is 10.0. The van der Waals surface area contributed by atoms with Gasteiger partial charge in [0, 0.05) is 5.39 Å². The number of fused-ring (bicyclic) bond motifs is 1. The van der Waals surface area contributed by atoms with E-state index >= 15 is 0 Å². The maximum Gasteiger partial charge on any atom is 0.251 e. The summed E-state index contributed by atoms with van der Waals surface area (Å²) in [7, 11) is 1.65. The number of carbonyl (C=O) groups excluding carboxylic acids is 1. The van der Waals surface area contributed by atoms with Crippen molar-refractivity contribution in [2.75, 3.05) is 19.0 Å². The molecule has 6 heteroatoms. The van der Waals surface area contributed by atoms with Crippen LogP contribution in [0.3, 0.4) is 0 Å². The van der Waals surface area contributed by atoms with Crippen molar-refractivity contribution in [1.29, 1.82) is 0 Å². The maximum atomic E-state index is 12.2. The lowest BCUT2D eigenvalue weighted by molar-refractivity contribution is -0.121. The van der Waals surface area contributed by atoms with Gasteiger partial charge >= 0.3 is 0 Å². The molecule has 0 aliphatic rings. The Kier molecular flexibility index (Phi) is 5.54. The van der Waals surface area contributed by atoms with Crippen LogP contribution in [0.4, 0.5) is 5.82 Å². The van der Waals surface area contributed by atoms with Gasteiger partial charge in [-0.2, -0.15) is 5.10 Å². The number of aromatic amines is 1. The first-order chi connectivity index (χ1) is 14.2. The third kappa shape index (κ3) is 4.44. The predicted octanol–water partition coefficient (Wildman–Crippen LogP) is 4.39. The molecule has 6 nitrogen and oxygen atoms in total. The zero-order chi connectivity index (χ0) is 20.1. The molecule has 0 radical (unpaired) electrons. The van der Waals surface area contributed by atoms with Crippen LogP contribution >= 0.6 is 0 Å². The summed E-state index contributed by atoms with van der Waals surface area (Å²) in [5, 5.41) is 10.9. The van der Waals surface area contributed by atoms with Crippen molar-refractivity contribution in [2.45, 2.75) is 6.61 Å². The van der Waals surface area contributed by atoms with Crippen LogP contribution in [0.2, 0.25) is 0 Å². The van der Waals surface area contributed by atoms with Crippen LogP contribution < -0.4 is 10.1 Å². The second-order valence-corrected chi connectivity index (χ2v) is 6.59. The molecule has 1 amide bonds. The maximum absolute atomic E-state index is 12.2. The van der Waals surface area contributed by atoms with Gasteiger partial charge in [-0.3, -0.25) is 9.89 Å². The normalized spacial score (nSPS) is 10.8. The van der Waals surface area contributed by atoms with Crippen LogP contribution in [0.25, 0.3) is 22.0 Å². The number of aromatic nitrogens is 2. The molecule has 0 fully saturated rings. The van der Waals surface area contributed by atoms with E-state index in [9.17, 15) is 4.79 Å². The second kappa shape index (κ2) is 8.58. The summed E-state index contributed by atoms with van der Waals surface area (Å²) in [5.41, 5.74) is 3.94. The van der Waals surface area contributed by atoms with E-state index in [0.29, 0.717) is 12.4 Å². The van der Waals surface area contributed by atoms with E-state index in [4.69, 9.17) is 9.47 Å². The molecular formula is C23H21N3O3. The van der Waals surface area contributed by atoms with Crippen molar-refractivity contribution in [3.8, 4) is 16.9 Å². The predicted molar refractivity (Wildman–Crippen MR) is 113 cm³/mol. The van der Waals surface area contributed by atoms with Crippen molar-refractivity contribution in [1.82, 2.24) is 10.2 Å². The van der Waals surface area contributed by atoms with E-state index in [-0.39, 0.29) is 12.5 Å². The summed E-state index contributed by atoms with van der Waals surface area (Å²) in [4.78, 5) is 12.2. The first kappa shape index (κ1) is 18.7. The van der Waals surface area contributed by atoms with Crippen LogP contribution in [0.1, 0.15) is 5.56 Å². The summed E-state index contributed by atoms with van der Waals surface area (Å²) in [6, 6.07) is 23.5. The number of carbonyl (C=O) groups is 1. The topological polar surface area (TPSA) is 76.2 Å². The molecule has 0 unspecified atom stereocenters. The first-order valence-corrected chi connectivity index (χ1v) is 9.27. The molecule has 1 heterocycles. The second-order valence-electron chi connectivity index (χ2n) is 6.59. The van der Waals surface area contributed by atoms with Gasteiger partial charge < -0.3 is 14.8 Å². The lowest BCUT2D eigenvalue weighted by Crippen LogP contribution is -2.18. The van der Waals surface area contributed by atoms with E-state index in [1.807, 2.05) is 72.8 Å². The molecule has 2 N–H and O–H groups in total. The number of ether oxygens (including phenoxy) is 2. The van der Waals surface area contributed by atoms with E-state index in [1.54, 1.807) is 7.11 Å². The summed E-state index contributed by atoms with van der Waals surface area (Å²) < 4.78 is 10.8. The number of benzene rings is 3. The van der Waals surface area contributed by atoms with Crippen molar-refractivity contribution in [3.63, 3.8) is 0 Å². The van der Waals surface area contributed by atoms with Gasteiger partial charge in [0.05, 0.1) is 19.2 Å². The fraction of sp³-hybridized carbons (Fsp3) is 0.130. The number of nitrogens with one attached hydrogen (secondary N) is 2. The monoisotopic (exact) mass is 387 g/mol. The van der Waals surface area contributed by atoms with Gasteiger partial charge in [0.15, 0.2) is 5.82 Å². The Morgan fingerprint density at radius 2 is 1.83 bits per heavy atom. The largest absolute Gasteiger partial charge is 0.497 e. The van der Waals surface area contributed by atoms with Crippen LogP contribution in [-0.4, -0.2) is 29.8 Å². The van der Waals surface area contributed by atoms with E-state index in [2.05, 4.69) is 15.5 Å². The van der Waals surface area contributed by atoms with Crippen molar-refractivity contribution < 1.29 is 14.3 Å². The molecular weight excluding hydrogens is 366 g/mol. The molecule has 0 saturated heterocycles. The van der Waals surface area contributed by atoms with E-state index in [1.165, 1.54) is 0 Å². The SMILES string of the molecule is COc1cccc(-c2ccc3c(NC(=O)COCc4ccccc4)n[nH]c3c2)c1. The van der Waals surface area contributed by atoms with E-state index in [0.717, 1.165) is 33.3 Å². The summed E-state index contributed by atoms with van der Waals surface area (Å²) in [6.45, 7) is 0.352. The molecule has 0 spiro atoms. The van der Waals surface area contributed by atoms with Gasteiger partial charge in [-0.1, -0.05) is 48.5 Å². The van der Waals surface area contributed by atoms with Crippen molar-refractivity contribution >= 4 is 22.6 Å². The van der Waals surface area contributed by atoms with Crippen LogP contribution in [0.5, 0.6) is 5.75 Å². The van der Waals surface area contributed by atoms with Gasteiger partial charge in [-0.15, -0.1) is 0 Å².